The van der Waals surface area contributed by atoms with Gasteiger partial charge in [0.1, 0.15) is 6.54 Å². The van der Waals surface area contributed by atoms with Crippen molar-refractivity contribution < 1.29 is 13.2 Å². The molecular weight excluding hydrogens is 287 g/mol. The zero-order valence-electron chi connectivity index (χ0n) is 11.9. The summed E-state index contributed by atoms with van der Waals surface area (Å²) in [4.78, 5) is 6.63. The first-order valence-corrected chi connectivity index (χ1v) is 7.59. The molecule has 3 nitrogen and oxygen atoms in total. The van der Waals surface area contributed by atoms with Gasteiger partial charge in [-0.1, -0.05) is 13.8 Å². The zero-order chi connectivity index (χ0) is 14.9. The molecule has 114 valence electrons. The Kier molecular flexibility index (Phi) is 4.59. The molecule has 0 unspecified atom stereocenters. The van der Waals surface area contributed by atoms with Gasteiger partial charge in [0.15, 0.2) is 5.13 Å². The van der Waals surface area contributed by atoms with Crippen LogP contribution in [0.25, 0.3) is 0 Å². The Morgan fingerprint density at radius 3 is 2.55 bits per heavy atom. The molecule has 0 saturated heterocycles. The van der Waals surface area contributed by atoms with E-state index in [4.69, 9.17) is 0 Å². The van der Waals surface area contributed by atoms with Crippen LogP contribution in [0.1, 0.15) is 43.2 Å². The van der Waals surface area contributed by atoms with Crippen LogP contribution < -0.4 is 10.2 Å². The van der Waals surface area contributed by atoms with Crippen LogP contribution in [-0.4, -0.2) is 30.8 Å². The summed E-state index contributed by atoms with van der Waals surface area (Å²) in [6.45, 7) is 3.77. The average molecular weight is 307 g/mol. The molecule has 0 amide bonds. The van der Waals surface area contributed by atoms with Crippen LogP contribution in [0.5, 0.6) is 0 Å². The van der Waals surface area contributed by atoms with Crippen molar-refractivity contribution in [2.24, 2.45) is 0 Å². The van der Waals surface area contributed by atoms with Gasteiger partial charge >= 0.3 is 6.18 Å². The number of hydrogen-bond acceptors (Lipinski definition) is 4. The predicted molar refractivity (Wildman–Crippen MR) is 75.4 cm³/mol. The Morgan fingerprint density at radius 1 is 1.40 bits per heavy atom. The SMILES string of the molecule is CC(C)c1nc(N(C)CC(F)(F)F)sc1CNC1CC1. The van der Waals surface area contributed by atoms with E-state index in [1.807, 2.05) is 13.8 Å². The number of thiazole rings is 1. The van der Waals surface area contributed by atoms with Gasteiger partial charge in [-0.25, -0.2) is 4.98 Å². The topological polar surface area (TPSA) is 28.2 Å². The first kappa shape index (κ1) is 15.6. The number of aromatic nitrogens is 1. The van der Waals surface area contributed by atoms with Crippen LogP contribution in [0.2, 0.25) is 0 Å². The largest absolute Gasteiger partial charge is 0.405 e. The van der Waals surface area contributed by atoms with Crippen molar-refractivity contribution >= 4 is 16.5 Å². The molecule has 0 aromatic carbocycles. The van der Waals surface area contributed by atoms with E-state index in [0.717, 1.165) is 10.6 Å². The number of nitrogens with zero attached hydrogens (tertiary/aromatic N) is 2. The molecular formula is C13H20F3N3S. The quantitative estimate of drug-likeness (QED) is 0.871. The summed E-state index contributed by atoms with van der Waals surface area (Å²) in [5.41, 5.74) is 0.909. The number of halogens is 3. The van der Waals surface area contributed by atoms with Crippen molar-refractivity contribution in [1.29, 1.82) is 0 Å². The minimum Gasteiger partial charge on any atom is -0.342 e. The lowest BCUT2D eigenvalue weighted by Gasteiger charge is -2.17. The Balaban J connectivity index is 2.10. The van der Waals surface area contributed by atoms with Gasteiger partial charge in [-0.2, -0.15) is 13.2 Å². The molecule has 1 aromatic rings. The summed E-state index contributed by atoms with van der Waals surface area (Å²) in [5, 5.41) is 3.84. The molecule has 7 heteroatoms. The maximum Gasteiger partial charge on any atom is 0.405 e. The molecule has 0 bridgehead atoms. The Hall–Kier alpha value is -0.820. The van der Waals surface area contributed by atoms with E-state index in [1.54, 1.807) is 0 Å². The molecule has 20 heavy (non-hydrogen) atoms. The summed E-state index contributed by atoms with van der Waals surface area (Å²) in [6.07, 6.45) is -1.82. The van der Waals surface area contributed by atoms with Crippen LogP contribution in [-0.2, 0) is 6.54 Å². The molecule has 0 radical (unpaired) electrons. The lowest BCUT2D eigenvalue weighted by Crippen LogP contribution is -2.30. The molecule has 0 aliphatic heterocycles. The molecule has 1 aromatic heterocycles. The smallest absolute Gasteiger partial charge is 0.342 e. The summed E-state index contributed by atoms with van der Waals surface area (Å²) in [7, 11) is 1.44. The fourth-order valence-corrected chi connectivity index (χ4v) is 3.08. The minimum absolute atomic E-state index is 0.218. The van der Waals surface area contributed by atoms with Crippen molar-refractivity contribution in [1.82, 2.24) is 10.3 Å². The fourth-order valence-electron chi connectivity index (χ4n) is 1.95. The summed E-state index contributed by atoms with van der Waals surface area (Å²) in [6, 6.07) is 0.577. The van der Waals surface area contributed by atoms with Crippen molar-refractivity contribution in [3.63, 3.8) is 0 Å². The number of nitrogens with one attached hydrogen (secondary N) is 1. The maximum absolute atomic E-state index is 12.4. The molecule has 1 heterocycles. The highest BCUT2D eigenvalue weighted by atomic mass is 32.1. The second kappa shape index (κ2) is 5.89. The van der Waals surface area contributed by atoms with E-state index in [-0.39, 0.29) is 5.92 Å². The predicted octanol–water partition coefficient (Wildman–Crippen LogP) is 3.52. The van der Waals surface area contributed by atoms with Gasteiger partial charge in [-0.15, -0.1) is 11.3 Å². The molecule has 1 aliphatic carbocycles. The maximum atomic E-state index is 12.4. The van der Waals surface area contributed by atoms with Gasteiger partial charge in [0.25, 0.3) is 0 Å². The number of rotatable bonds is 6. The highest BCUT2D eigenvalue weighted by Crippen LogP contribution is 2.32. The second-order valence-corrected chi connectivity index (χ2v) is 6.65. The Morgan fingerprint density at radius 2 is 2.05 bits per heavy atom. The molecule has 1 fully saturated rings. The van der Waals surface area contributed by atoms with E-state index >= 15 is 0 Å². The van der Waals surface area contributed by atoms with Crippen molar-refractivity contribution in [2.75, 3.05) is 18.5 Å². The normalized spacial score (nSPS) is 15.9. The third-order valence-electron chi connectivity index (χ3n) is 3.13. The van der Waals surface area contributed by atoms with E-state index in [1.165, 1.54) is 36.1 Å². The van der Waals surface area contributed by atoms with E-state index in [9.17, 15) is 13.2 Å². The molecule has 0 spiro atoms. The lowest BCUT2D eigenvalue weighted by atomic mass is 10.1. The van der Waals surface area contributed by atoms with E-state index in [2.05, 4.69) is 10.3 Å². The first-order valence-electron chi connectivity index (χ1n) is 6.77. The zero-order valence-corrected chi connectivity index (χ0v) is 12.7. The van der Waals surface area contributed by atoms with Gasteiger partial charge in [-0.3, -0.25) is 0 Å². The summed E-state index contributed by atoms with van der Waals surface area (Å²) in [5.74, 6) is 0.218. The van der Waals surface area contributed by atoms with Gasteiger partial charge in [0.05, 0.1) is 5.69 Å². The van der Waals surface area contributed by atoms with E-state index in [0.29, 0.717) is 17.7 Å². The van der Waals surface area contributed by atoms with Crippen molar-refractivity contribution in [2.45, 2.75) is 51.4 Å². The highest BCUT2D eigenvalue weighted by Gasteiger charge is 2.31. The number of alkyl halides is 3. The van der Waals surface area contributed by atoms with Crippen LogP contribution in [0.4, 0.5) is 18.3 Å². The van der Waals surface area contributed by atoms with Crippen LogP contribution in [0.15, 0.2) is 0 Å². The number of hydrogen-bond donors (Lipinski definition) is 1. The van der Waals surface area contributed by atoms with Crippen molar-refractivity contribution in [3.05, 3.63) is 10.6 Å². The van der Waals surface area contributed by atoms with Crippen LogP contribution >= 0.6 is 11.3 Å². The van der Waals surface area contributed by atoms with Crippen LogP contribution in [0, 0.1) is 0 Å². The lowest BCUT2D eigenvalue weighted by molar-refractivity contribution is -0.119. The molecule has 1 N–H and O–H groups in total. The fraction of sp³-hybridized carbons (Fsp3) is 0.769. The average Bonchev–Trinajstić information content (AvgIpc) is 3.02. The van der Waals surface area contributed by atoms with Gasteiger partial charge in [0.2, 0.25) is 0 Å². The minimum atomic E-state index is -4.20. The second-order valence-electron chi connectivity index (χ2n) is 5.59. The third kappa shape index (κ3) is 4.34. The van der Waals surface area contributed by atoms with Crippen LogP contribution in [0.3, 0.4) is 0 Å². The van der Waals surface area contributed by atoms with E-state index < -0.39 is 12.7 Å². The Labute approximate surface area is 121 Å². The molecule has 1 aliphatic rings. The molecule has 2 rings (SSSR count). The highest BCUT2D eigenvalue weighted by molar-refractivity contribution is 7.15. The first-order chi connectivity index (χ1) is 9.26. The summed E-state index contributed by atoms with van der Waals surface area (Å²) < 4.78 is 37.3. The Bertz CT molecular complexity index is 452. The molecule has 1 saturated carbocycles. The van der Waals surface area contributed by atoms with Gasteiger partial charge < -0.3 is 10.2 Å². The monoisotopic (exact) mass is 307 g/mol. The summed E-state index contributed by atoms with van der Waals surface area (Å²) >= 11 is 1.36. The third-order valence-corrected chi connectivity index (χ3v) is 4.32. The number of anilines is 1. The van der Waals surface area contributed by atoms with Gasteiger partial charge in [-0.05, 0) is 18.8 Å². The van der Waals surface area contributed by atoms with Crippen molar-refractivity contribution in [3.8, 4) is 0 Å². The van der Waals surface area contributed by atoms with Gasteiger partial charge in [0, 0.05) is 24.5 Å². The molecule has 0 atom stereocenters. The standard InChI is InChI=1S/C13H20F3N3S/c1-8(2)11-10(6-17-9-4-5-9)20-12(18-11)19(3)7-13(14,15)16/h8-9,17H,4-7H2,1-3H3.